The minimum Gasteiger partial charge on any atom is -0.462 e. The zero-order valence-electron chi connectivity index (χ0n) is 47.7. The van der Waals surface area contributed by atoms with Crippen molar-refractivity contribution in [3.05, 3.63) is 72.9 Å². The van der Waals surface area contributed by atoms with Gasteiger partial charge in [0.1, 0.15) is 13.2 Å². The zero-order chi connectivity index (χ0) is 52.2. The number of ether oxygens (including phenoxy) is 3. The lowest BCUT2D eigenvalue weighted by atomic mass is 10.0. The van der Waals surface area contributed by atoms with Crippen molar-refractivity contribution in [2.24, 2.45) is 0 Å². The molecule has 0 radical (unpaired) electrons. The average molecular weight is 1010 g/mol. The van der Waals surface area contributed by atoms with Crippen molar-refractivity contribution in [1.82, 2.24) is 0 Å². The van der Waals surface area contributed by atoms with Gasteiger partial charge in [0.05, 0.1) is 0 Å². The van der Waals surface area contributed by atoms with E-state index >= 15 is 0 Å². The summed E-state index contributed by atoms with van der Waals surface area (Å²) in [6.45, 7) is 6.50. The van der Waals surface area contributed by atoms with E-state index in [0.29, 0.717) is 19.3 Å². The molecule has 0 aromatic rings. The number of hydrogen-bond donors (Lipinski definition) is 0. The summed E-state index contributed by atoms with van der Waals surface area (Å²) < 4.78 is 16.9. The van der Waals surface area contributed by atoms with Crippen LogP contribution in [0, 0.1) is 0 Å². The molecule has 0 N–H and O–H groups in total. The number of hydrogen-bond acceptors (Lipinski definition) is 6. The van der Waals surface area contributed by atoms with E-state index < -0.39 is 6.10 Å². The van der Waals surface area contributed by atoms with E-state index in [4.69, 9.17) is 14.2 Å². The van der Waals surface area contributed by atoms with E-state index in [0.717, 1.165) is 103 Å². The summed E-state index contributed by atoms with van der Waals surface area (Å²) >= 11 is 0. The Hall–Kier alpha value is -3.15. The van der Waals surface area contributed by atoms with Crippen LogP contribution in [0.1, 0.15) is 310 Å². The van der Waals surface area contributed by atoms with Gasteiger partial charge in [0.2, 0.25) is 0 Å². The van der Waals surface area contributed by atoms with Crippen molar-refractivity contribution in [3.8, 4) is 0 Å². The van der Waals surface area contributed by atoms with Gasteiger partial charge in [0, 0.05) is 19.3 Å². The summed E-state index contributed by atoms with van der Waals surface area (Å²) in [6.07, 6.45) is 77.7. The fourth-order valence-corrected chi connectivity index (χ4v) is 8.78. The Labute approximate surface area is 446 Å². The van der Waals surface area contributed by atoms with Crippen LogP contribution in [0.15, 0.2) is 72.9 Å². The van der Waals surface area contributed by atoms with Gasteiger partial charge in [-0.15, -0.1) is 0 Å². The number of carbonyl (C=O) groups is 3. The quantitative estimate of drug-likeness (QED) is 0.0261. The molecule has 6 heteroatoms. The smallest absolute Gasteiger partial charge is 0.306 e. The van der Waals surface area contributed by atoms with Gasteiger partial charge in [-0.3, -0.25) is 14.4 Å². The summed E-state index contributed by atoms with van der Waals surface area (Å²) in [5.74, 6) is -0.910. The molecule has 0 aliphatic rings. The first-order valence-electron chi connectivity index (χ1n) is 30.9. The van der Waals surface area contributed by atoms with E-state index in [1.807, 2.05) is 0 Å². The van der Waals surface area contributed by atoms with Crippen molar-refractivity contribution in [2.45, 2.75) is 316 Å². The lowest BCUT2D eigenvalue weighted by Crippen LogP contribution is -2.30. The number of rotatable bonds is 56. The summed E-state index contributed by atoms with van der Waals surface area (Å²) in [5.41, 5.74) is 0. The molecule has 6 nitrogen and oxygen atoms in total. The molecule has 0 bridgehead atoms. The molecule has 0 aromatic heterocycles. The molecule has 0 saturated carbocycles. The van der Waals surface area contributed by atoms with Gasteiger partial charge in [-0.05, 0) is 109 Å². The fraction of sp³-hybridized carbons (Fsp3) is 0.773. The first-order chi connectivity index (χ1) is 35.5. The van der Waals surface area contributed by atoms with Crippen LogP contribution in [0.2, 0.25) is 0 Å². The van der Waals surface area contributed by atoms with E-state index in [1.54, 1.807) is 0 Å². The summed E-state index contributed by atoms with van der Waals surface area (Å²) in [4.78, 5) is 38.2. The van der Waals surface area contributed by atoms with Gasteiger partial charge in [-0.25, -0.2) is 0 Å². The standard InChI is InChI=1S/C66H116O6/c1-4-7-10-13-16-19-22-25-27-29-30-31-32-33-34-35-36-38-39-41-44-47-50-53-56-59-65(68)71-62-63(61-70-64(67)58-55-52-49-46-43-24-21-18-15-12-9-6-3)72-66(69)60-57-54-51-48-45-42-40-37-28-26-23-20-17-14-11-8-5-2/h8,11,17-18,20-21,26,28-30,40,42,63H,4-7,9-10,12-16,19,22-25,27,31-39,41,43-62H2,1-3H3/b11-8-,20-17-,21-18-,28-26-,30-29-,42-40-. The summed E-state index contributed by atoms with van der Waals surface area (Å²) in [6, 6.07) is 0. The topological polar surface area (TPSA) is 78.9 Å². The molecule has 0 aliphatic carbocycles. The van der Waals surface area contributed by atoms with Crippen LogP contribution in [-0.4, -0.2) is 37.2 Å². The Kier molecular flexibility index (Phi) is 57.8. The first-order valence-corrected chi connectivity index (χ1v) is 30.9. The van der Waals surface area contributed by atoms with Crippen LogP contribution < -0.4 is 0 Å². The largest absolute Gasteiger partial charge is 0.462 e. The second-order valence-corrected chi connectivity index (χ2v) is 20.6. The second-order valence-electron chi connectivity index (χ2n) is 20.6. The molecule has 1 atom stereocenters. The van der Waals surface area contributed by atoms with Crippen molar-refractivity contribution < 1.29 is 28.6 Å². The summed E-state index contributed by atoms with van der Waals surface area (Å²) in [5, 5.41) is 0. The first kappa shape index (κ1) is 68.8. The normalized spacial score (nSPS) is 12.5. The number of esters is 3. The number of carbonyl (C=O) groups excluding carboxylic acids is 3. The Morgan fingerprint density at radius 2 is 0.542 bits per heavy atom. The van der Waals surface area contributed by atoms with Crippen LogP contribution in [-0.2, 0) is 28.6 Å². The molecule has 0 aliphatic heterocycles. The van der Waals surface area contributed by atoms with Crippen molar-refractivity contribution >= 4 is 17.9 Å². The predicted molar refractivity (Wildman–Crippen MR) is 311 cm³/mol. The van der Waals surface area contributed by atoms with Gasteiger partial charge < -0.3 is 14.2 Å². The van der Waals surface area contributed by atoms with E-state index in [9.17, 15) is 14.4 Å². The third kappa shape index (κ3) is 57.7. The van der Waals surface area contributed by atoms with Gasteiger partial charge in [0.25, 0.3) is 0 Å². The van der Waals surface area contributed by atoms with Crippen LogP contribution >= 0.6 is 0 Å². The Morgan fingerprint density at radius 3 is 0.889 bits per heavy atom. The van der Waals surface area contributed by atoms with Gasteiger partial charge in [-0.2, -0.15) is 0 Å². The van der Waals surface area contributed by atoms with Crippen molar-refractivity contribution in [2.75, 3.05) is 13.2 Å². The maximum atomic E-state index is 12.9. The molecular formula is C66H116O6. The maximum absolute atomic E-state index is 12.9. The van der Waals surface area contributed by atoms with Crippen LogP contribution in [0.4, 0.5) is 0 Å². The molecule has 0 aromatic carbocycles. The molecule has 0 heterocycles. The monoisotopic (exact) mass is 1000 g/mol. The number of unbranched alkanes of at least 4 members (excludes halogenated alkanes) is 33. The molecule has 0 saturated heterocycles. The molecular weight excluding hydrogens is 889 g/mol. The lowest BCUT2D eigenvalue weighted by molar-refractivity contribution is -0.167. The molecule has 416 valence electrons. The van der Waals surface area contributed by atoms with Gasteiger partial charge in [0.15, 0.2) is 6.10 Å². The van der Waals surface area contributed by atoms with Crippen LogP contribution in [0.5, 0.6) is 0 Å². The van der Waals surface area contributed by atoms with Gasteiger partial charge in [-0.1, -0.05) is 254 Å². The second kappa shape index (κ2) is 60.4. The van der Waals surface area contributed by atoms with Gasteiger partial charge >= 0.3 is 17.9 Å². The third-order valence-electron chi connectivity index (χ3n) is 13.4. The fourth-order valence-electron chi connectivity index (χ4n) is 8.78. The molecule has 0 amide bonds. The molecule has 0 rings (SSSR count). The highest BCUT2D eigenvalue weighted by Crippen LogP contribution is 2.16. The minimum atomic E-state index is -0.792. The van der Waals surface area contributed by atoms with Crippen LogP contribution in [0.3, 0.4) is 0 Å². The Morgan fingerprint density at radius 1 is 0.292 bits per heavy atom. The third-order valence-corrected chi connectivity index (χ3v) is 13.4. The van der Waals surface area contributed by atoms with E-state index in [1.165, 1.54) is 167 Å². The van der Waals surface area contributed by atoms with E-state index in [-0.39, 0.29) is 31.1 Å². The molecule has 1 unspecified atom stereocenters. The average Bonchev–Trinajstić information content (AvgIpc) is 3.38. The lowest BCUT2D eigenvalue weighted by Gasteiger charge is -2.18. The Bertz CT molecular complexity index is 1340. The number of allylic oxidation sites excluding steroid dienone is 12. The highest BCUT2D eigenvalue weighted by atomic mass is 16.6. The highest BCUT2D eigenvalue weighted by molar-refractivity contribution is 5.71. The van der Waals surface area contributed by atoms with Crippen LogP contribution in [0.25, 0.3) is 0 Å². The van der Waals surface area contributed by atoms with Crippen molar-refractivity contribution in [3.63, 3.8) is 0 Å². The van der Waals surface area contributed by atoms with Crippen molar-refractivity contribution in [1.29, 1.82) is 0 Å². The zero-order valence-corrected chi connectivity index (χ0v) is 47.7. The highest BCUT2D eigenvalue weighted by Gasteiger charge is 2.19. The Balaban J connectivity index is 4.29. The molecule has 72 heavy (non-hydrogen) atoms. The maximum Gasteiger partial charge on any atom is 0.306 e. The minimum absolute atomic E-state index is 0.0868. The molecule has 0 spiro atoms. The SMILES string of the molecule is CC/C=C\C/C=C\C/C=C\C/C=C\CCCCCCC(=O)OC(COC(=O)CCCCCCC/C=C\CCCCC)COC(=O)CCCCCCCCCCCCCCC/C=C\CCCCCCCCCC. The van der Waals surface area contributed by atoms with E-state index in [2.05, 4.69) is 93.7 Å². The molecule has 0 fully saturated rings. The predicted octanol–water partition coefficient (Wildman–Crippen LogP) is 20.9. The summed E-state index contributed by atoms with van der Waals surface area (Å²) in [7, 11) is 0.